The van der Waals surface area contributed by atoms with Gasteiger partial charge in [-0.2, -0.15) is 0 Å². The summed E-state index contributed by atoms with van der Waals surface area (Å²) in [5, 5.41) is 10.7. The first kappa shape index (κ1) is 15.9. The number of amides is 1. The Bertz CT molecular complexity index is 951. The van der Waals surface area contributed by atoms with Gasteiger partial charge in [-0.3, -0.25) is 14.0 Å². The number of rotatable bonds is 5. The standard InChI is InChI=1S/C14H13ClN6O3/c1-2-24-14-11-20-19-10(21(11)4-3-16-14)7-18-12(22)8-5-9(15)13(23)17-6-8/h3-6H,2,7H2,1H3,(H,17,23)(H,18,22). The molecule has 0 fully saturated rings. The van der Waals surface area contributed by atoms with Gasteiger partial charge in [-0.05, 0) is 13.0 Å². The van der Waals surface area contributed by atoms with Crippen molar-refractivity contribution >= 4 is 23.2 Å². The molecule has 9 nitrogen and oxygen atoms in total. The number of ether oxygens (including phenoxy) is 1. The lowest BCUT2D eigenvalue weighted by Crippen LogP contribution is -2.25. The minimum absolute atomic E-state index is 0.0528. The van der Waals surface area contributed by atoms with Crippen LogP contribution in [0, 0.1) is 0 Å². The van der Waals surface area contributed by atoms with Gasteiger partial charge in [0.1, 0.15) is 5.02 Å². The van der Waals surface area contributed by atoms with Crippen molar-refractivity contribution in [3.05, 3.63) is 51.4 Å². The Hall–Kier alpha value is -2.94. The molecule has 0 bridgehead atoms. The molecular weight excluding hydrogens is 336 g/mol. The van der Waals surface area contributed by atoms with Crippen LogP contribution >= 0.6 is 11.6 Å². The highest BCUT2D eigenvalue weighted by Gasteiger charge is 2.13. The molecule has 0 aliphatic rings. The van der Waals surface area contributed by atoms with E-state index in [0.29, 0.717) is 24.0 Å². The second-order valence-electron chi connectivity index (χ2n) is 4.72. The predicted octanol–water partition coefficient (Wildman–Crippen LogP) is 0.795. The molecule has 0 radical (unpaired) electrons. The number of hydrogen-bond donors (Lipinski definition) is 2. The molecule has 0 saturated carbocycles. The predicted molar refractivity (Wildman–Crippen MR) is 85.2 cm³/mol. The van der Waals surface area contributed by atoms with Gasteiger partial charge in [0.2, 0.25) is 5.65 Å². The lowest BCUT2D eigenvalue weighted by molar-refractivity contribution is 0.0949. The molecule has 3 heterocycles. The Kier molecular flexibility index (Phi) is 4.43. The molecule has 0 aliphatic carbocycles. The molecule has 1 amide bonds. The van der Waals surface area contributed by atoms with Crippen molar-refractivity contribution < 1.29 is 9.53 Å². The summed E-state index contributed by atoms with van der Waals surface area (Å²) in [6, 6.07) is 1.30. The van der Waals surface area contributed by atoms with Crippen molar-refractivity contribution in [1.82, 2.24) is 29.9 Å². The van der Waals surface area contributed by atoms with Crippen LogP contribution in [0.3, 0.4) is 0 Å². The van der Waals surface area contributed by atoms with Crippen LogP contribution in [-0.2, 0) is 6.54 Å². The summed E-state index contributed by atoms with van der Waals surface area (Å²) in [5.41, 5.74) is 0.258. The molecule has 0 saturated heterocycles. The summed E-state index contributed by atoms with van der Waals surface area (Å²) in [6.45, 7) is 2.43. The first-order valence-electron chi connectivity index (χ1n) is 7.08. The summed E-state index contributed by atoms with van der Waals surface area (Å²) in [4.78, 5) is 29.8. The summed E-state index contributed by atoms with van der Waals surface area (Å²) in [6.07, 6.45) is 4.53. The van der Waals surface area contributed by atoms with Crippen molar-refractivity contribution in [1.29, 1.82) is 0 Å². The topological polar surface area (TPSA) is 114 Å². The lowest BCUT2D eigenvalue weighted by Gasteiger charge is -2.05. The van der Waals surface area contributed by atoms with Crippen molar-refractivity contribution in [2.75, 3.05) is 6.61 Å². The van der Waals surface area contributed by atoms with Crippen LogP contribution in [0.25, 0.3) is 5.65 Å². The number of aromatic nitrogens is 5. The van der Waals surface area contributed by atoms with Crippen LogP contribution < -0.4 is 15.6 Å². The maximum absolute atomic E-state index is 12.1. The molecule has 0 spiro atoms. The zero-order valence-corrected chi connectivity index (χ0v) is 13.4. The summed E-state index contributed by atoms with van der Waals surface area (Å²) in [5.74, 6) is 0.485. The number of pyridine rings is 1. The molecule has 0 unspecified atom stereocenters. The highest BCUT2D eigenvalue weighted by atomic mass is 35.5. The first-order chi connectivity index (χ1) is 11.6. The van der Waals surface area contributed by atoms with Crippen LogP contribution in [0.15, 0.2) is 29.5 Å². The number of hydrogen-bond acceptors (Lipinski definition) is 6. The Balaban J connectivity index is 1.78. The Morgan fingerprint density at radius 2 is 2.29 bits per heavy atom. The SMILES string of the molecule is CCOc1nccn2c(CNC(=O)c3c[nH]c(=O)c(Cl)c3)nnc12. The van der Waals surface area contributed by atoms with Crippen LogP contribution in [0.4, 0.5) is 0 Å². The lowest BCUT2D eigenvalue weighted by atomic mass is 10.2. The molecule has 24 heavy (non-hydrogen) atoms. The van der Waals surface area contributed by atoms with E-state index in [4.69, 9.17) is 16.3 Å². The molecule has 3 aromatic rings. The van der Waals surface area contributed by atoms with Crippen molar-refractivity contribution in [2.24, 2.45) is 0 Å². The van der Waals surface area contributed by atoms with Crippen LogP contribution in [-0.4, -0.2) is 37.1 Å². The molecule has 0 aliphatic heterocycles. The third-order valence-electron chi connectivity index (χ3n) is 3.17. The fraction of sp³-hybridized carbons (Fsp3) is 0.214. The van der Waals surface area contributed by atoms with E-state index in [1.807, 2.05) is 6.92 Å². The zero-order chi connectivity index (χ0) is 17.1. The van der Waals surface area contributed by atoms with Gasteiger partial charge in [-0.1, -0.05) is 11.6 Å². The third kappa shape index (κ3) is 3.06. The second kappa shape index (κ2) is 6.67. The largest absolute Gasteiger partial charge is 0.475 e. The number of carbonyl (C=O) groups excluding carboxylic acids is 1. The van der Waals surface area contributed by atoms with Gasteiger partial charge in [-0.15, -0.1) is 10.2 Å². The average Bonchev–Trinajstić information content (AvgIpc) is 2.99. The van der Waals surface area contributed by atoms with Gasteiger partial charge in [0, 0.05) is 18.6 Å². The summed E-state index contributed by atoms with van der Waals surface area (Å²) < 4.78 is 7.06. The van der Waals surface area contributed by atoms with Gasteiger partial charge in [0.25, 0.3) is 17.3 Å². The third-order valence-corrected chi connectivity index (χ3v) is 3.45. The number of H-pyrrole nitrogens is 1. The van der Waals surface area contributed by atoms with E-state index in [1.165, 1.54) is 12.3 Å². The van der Waals surface area contributed by atoms with Crippen molar-refractivity contribution in [2.45, 2.75) is 13.5 Å². The van der Waals surface area contributed by atoms with E-state index in [0.717, 1.165) is 0 Å². The van der Waals surface area contributed by atoms with Gasteiger partial charge in [-0.25, -0.2) is 4.98 Å². The smallest absolute Gasteiger partial charge is 0.266 e. The summed E-state index contributed by atoms with van der Waals surface area (Å²) in [7, 11) is 0. The normalized spacial score (nSPS) is 10.8. The fourth-order valence-electron chi connectivity index (χ4n) is 2.06. The van der Waals surface area contributed by atoms with Crippen molar-refractivity contribution in [3.63, 3.8) is 0 Å². The number of halogens is 1. The van der Waals surface area contributed by atoms with E-state index in [9.17, 15) is 9.59 Å². The second-order valence-corrected chi connectivity index (χ2v) is 5.13. The zero-order valence-electron chi connectivity index (χ0n) is 12.6. The number of nitrogens with zero attached hydrogens (tertiary/aromatic N) is 4. The molecule has 3 aromatic heterocycles. The fourth-order valence-corrected chi connectivity index (χ4v) is 2.23. The summed E-state index contributed by atoms with van der Waals surface area (Å²) >= 11 is 5.71. The van der Waals surface area contributed by atoms with Crippen LogP contribution in [0.1, 0.15) is 23.1 Å². The molecule has 124 valence electrons. The van der Waals surface area contributed by atoms with E-state index in [1.54, 1.807) is 16.8 Å². The number of aromatic amines is 1. The molecule has 0 aromatic carbocycles. The molecular formula is C14H13ClN6O3. The average molecular weight is 349 g/mol. The van der Waals surface area contributed by atoms with Gasteiger partial charge in [0.15, 0.2) is 5.82 Å². The van der Waals surface area contributed by atoms with Crippen LogP contribution in [0.2, 0.25) is 5.02 Å². The number of fused-ring (bicyclic) bond motifs is 1. The van der Waals surface area contributed by atoms with Crippen molar-refractivity contribution in [3.8, 4) is 5.88 Å². The maximum Gasteiger partial charge on any atom is 0.266 e. The molecule has 2 N–H and O–H groups in total. The van der Waals surface area contributed by atoms with Crippen LogP contribution in [0.5, 0.6) is 5.88 Å². The van der Waals surface area contributed by atoms with E-state index in [-0.39, 0.29) is 17.1 Å². The first-order valence-corrected chi connectivity index (χ1v) is 7.45. The van der Waals surface area contributed by atoms with Gasteiger partial charge in [0.05, 0.1) is 18.7 Å². The molecule has 0 atom stereocenters. The van der Waals surface area contributed by atoms with E-state index >= 15 is 0 Å². The highest BCUT2D eigenvalue weighted by molar-refractivity contribution is 6.30. The highest BCUT2D eigenvalue weighted by Crippen LogP contribution is 2.14. The monoisotopic (exact) mass is 348 g/mol. The quantitative estimate of drug-likeness (QED) is 0.704. The Morgan fingerprint density at radius 1 is 1.46 bits per heavy atom. The maximum atomic E-state index is 12.1. The minimum Gasteiger partial charge on any atom is -0.475 e. The molecule has 10 heteroatoms. The van der Waals surface area contributed by atoms with E-state index < -0.39 is 11.5 Å². The Morgan fingerprint density at radius 3 is 3.04 bits per heavy atom. The molecule has 3 rings (SSSR count). The van der Waals surface area contributed by atoms with E-state index in [2.05, 4.69) is 25.5 Å². The van der Waals surface area contributed by atoms with Gasteiger partial charge < -0.3 is 15.0 Å². The number of nitrogens with one attached hydrogen (secondary N) is 2. The number of carbonyl (C=O) groups is 1. The van der Waals surface area contributed by atoms with Gasteiger partial charge >= 0.3 is 0 Å². The Labute approximate surface area is 140 Å². The minimum atomic E-state index is -0.451.